The smallest absolute Gasteiger partial charge is 0.173 e. The van der Waals surface area contributed by atoms with E-state index in [2.05, 4.69) is 54.1 Å². The Morgan fingerprint density at radius 3 is 2.62 bits per heavy atom. The number of unbranched alkanes of at least 4 members (excludes halogenated alkanes) is 1. The SMILES string of the molecule is CCCCN1CCCc2cc(CN(C(=S)Nc3ccc(OCC)cc3)[C@H](C)CC)ccc21. The molecule has 0 spiro atoms. The quantitative estimate of drug-likeness (QED) is 0.407. The van der Waals surface area contributed by atoms with Crippen LogP contribution in [0.4, 0.5) is 11.4 Å². The lowest BCUT2D eigenvalue weighted by Gasteiger charge is -2.34. The van der Waals surface area contributed by atoms with Gasteiger partial charge in [-0.2, -0.15) is 0 Å². The Balaban J connectivity index is 1.72. The van der Waals surface area contributed by atoms with Gasteiger partial charge in [0.15, 0.2) is 5.11 Å². The van der Waals surface area contributed by atoms with Gasteiger partial charge in [-0.1, -0.05) is 32.4 Å². The van der Waals surface area contributed by atoms with Crippen molar-refractivity contribution in [2.24, 2.45) is 0 Å². The molecule has 0 aromatic heterocycles. The minimum Gasteiger partial charge on any atom is -0.494 e. The normalized spacial score (nSPS) is 13.9. The van der Waals surface area contributed by atoms with Gasteiger partial charge >= 0.3 is 0 Å². The molecule has 1 aliphatic rings. The Bertz CT molecular complexity index is 868. The zero-order chi connectivity index (χ0) is 22.9. The molecule has 0 amide bonds. The molecule has 0 saturated carbocycles. The summed E-state index contributed by atoms with van der Waals surface area (Å²) in [7, 11) is 0. The zero-order valence-electron chi connectivity index (χ0n) is 20.2. The first-order chi connectivity index (χ1) is 15.5. The molecule has 1 N–H and O–H groups in total. The van der Waals surface area contributed by atoms with Crippen LogP contribution in [-0.4, -0.2) is 35.8 Å². The highest BCUT2D eigenvalue weighted by molar-refractivity contribution is 7.80. The number of benzene rings is 2. The molecule has 174 valence electrons. The van der Waals surface area contributed by atoms with E-state index in [1.165, 1.54) is 49.0 Å². The molecular formula is C27H39N3OS. The number of rotatable bonds is 10. The predicted octanol–water partition coefficient (Wildman–Crippen LogP) is 6.64. The molecule has 32 heavy (non-hydrogen) atoms. The van der Waals surface area contributed by atoms with E-state index in [0.717, 1.165) is 36.1 Å². The van der Waals surface area contributed by atoms with E-state index in [9.17, 15) is 0 Å². The van der Waals surface area contributed by atoms with Crippen molar-refractivity contribution in [1.29, 1.82) is 0 Å². The van der Waals surface area contributed by atoms with Gasteiger partial charge in [-0.05, 0) is 93.2 Å². The van der Waals surface area contributed by atoms with Crippen molar-refractivity contribution in [3.05, 3.63) is 53.6 Å². The molecule has 5 heteroatoms. The van der Waals surface area contributed by atoms with Gasteiger partial charge < -0.3 is 19.9 Å². The lowest BCUT2D eigenvalue weighted by molar-refractivity contribution is 0.319. The summed E-state index contributed by atoms with van der Waals surface area (Å²) in [4.78, 5) is 4.88. The van der Waals surface area contributed by atoms with Crippen LogP contribution in [0.15, 0.2) is 42.5 Å². The fraction of sp³-hybridized carbons (Fsp3) is 0.519. The van der Waals surface area contributed by atoms with E-state index in [1.54, 1.807) is 0 Å². The van der Waals surface area contributed by atoms with Crippen molar-refractivity contribution in [3.63, 3.8) is 0 Å². The maximum atomic E-state index is 5.85. The third kappa shape index (κ3) is 6.38. The highest BCUT2D eigenvalue weighted by Gasteiger charge is 2.20. The van der Waals surface area contributed by atoms with Crippen LogP contribution in [0.5, 0.6) is 5.75 Å². The van der Waals surface area contributed by atoms with Crippen molar-refractivity contribution in [2.75, 3.05) is 29.9 Å². The van der Waals surface area contributed by atoms with Crippen molar-refractivity contribution in [1.82, 2.24) is 4.90 Å². The first kappa shape index (κ1) is 24.4. The van der Waals surface area contributed by atoms with E-state index in [0.29, 0.717) is 12.6 Å². The zero-order valence-corrected chi connectivity index (χ0v) is 21.0. The Kier molecular flexibility index (Phi) is 9.22. The summed E-state index contributed by atoms with van der Waals surface area (Å²) < 4.78 is 5.55. The van der Waals surface area contributed by atoms with E-state index >= 15 is 0 Å². The summed E-state index contributed by atoms with van der Waals surface area (Å²) in [5, 5.41) is 4.20. The number of thiocarbonyl (C=S) groups is 1. The molecule has 2 aromatic carbocycles. The van der Waals surface area contributed by atoms with Crippen molar-refractivity contribution < 1.29 is 4.74 Å². The van der Waals surface area contributed by atoms with Gasteiger partial charge in [0.2, 0.25) is 0 Å². The second-order valence-corrected chi connectivity index (χ2v) is 9.07. The van der Waals surface area contributed by atoms with Gasteiger partial charge in [0.1, 0.15) is 5.75 Å². The summed E-state index contributed by atoms with van der Waals surface area (Å²) >= 11 is 5.85. The van der Waals surface area contributed by atoms with Crippen molar-refractivity contribution >= 4 is 28.7 Å². The molecule has 0 bridgehead atoms. The fourth-order valence-electron chi connectivity index (χ4n) is 4.25. The molecule has 0 aliphatic carbocycles. The van der Waals surface area contributed by atoms with Crippen LogP contribution in [-0.2, 0) is 13.0 Å². The average Bonchev–Trinajstić information content (AvgIpc) is 2.81. The molecule has 0 saturated heterocycles. The van der Waals surface area contributed by atoms with Crippen molar-refractivity contribution in [2.45, 2.75) is 72.4 Å². The fourth-order valence-corrected chi connectivity index (χ4v) is 4.61. The van der Waals surface area contributed by atoms with Gasteiger partial charge in [0.05, 0.1) is 6.61 Å². The van der Waals surface area contributed by atoms with Crippen LogP contribution in [0.3, 0.4) is 0 Å². The molecule has 3 rings (SSSR count). The first-order valence-corrected chi connectivity index (χ1v) is 12.6. The monoisotopic (exact) mass is 453 g/mol. The van der Waals surface area contributed by atoms with Gasteiger partial charge in [0, 0.05) is 37.1 Å². The third-order valence-corrected chi connectivity index (χ3v) is 6.63. The molecule has 0 radical (unpaired) electrons. The summed E-state index contributed by atoms with van der Waals surface area (Å²) in [6, 6.07) is 15.4. The largest absolute Gasteiger partial charge is 0.494 e. The van der Waals surface area contributed by atoms with Gasteiger partial charge in [-0.25, -0.2) is 0 Å². The molecule has 1 heterocycles. The predicted molar refractivity (Wildman–Crippen MR) is 141 cm³/mol. The number of nitrogens with one attached hydrogen (secondary N) is 1. The number of nitrogens with zero attached hydrogens (tertiary/aromatic N) is 2. The molecule has 0 fully saturated rings. The molecular weight excluding hydrogens is 414 g/mol. The molecule has 1 atom stereocenters. The summed E-state index contributed by atoms with van der Waals surface area (Å²) in [6.07, 6.45) is 5.96. The second-order valence-electron chi connectivity index (χ2n) is 8.68. The molecule has 4 nitrogen and oxygen atoms in total. The lowest BCUT2D eigenvalue weighted by atomic mass is 9.98. The van der Waals surface area contributed by atoms with Crippen molar-refractivity contribution in [3.8, 4) is 5.75 Å². The Morgan fingerprint density at radius 1 is 1.16 bits per heavy atom. The van der Waals surface area contributed by atoms with Crippen LogP contribution < -0.4 is 15.0 Å². The molecule has 1 aliphatic heterocycles. The number of ether oxygens (including phenoxy) is 1. The number of fused-ring (bicyclic) bond motifs is 1. The third-order valence-electron chi connectivity index (χ3n) is 6.29. The average molecular weight is 454 g/mol. The van der Waals surface area contributed by atoms with E-state index in [4.69, 9.17) is 17.0 Å². The molecule has 0 unspecified atom stereocenters. The van der Waals surface area contributed by atoms with Gasteiger partial charge in [-0.15, -0.1) is 0 Å². The maximum Gasteiger partial charge on any atom is 0.173 e. The first-order valence-electron chi connectivity index (χ1n) is 12.2. The highest BCUT2D eigenvalue weighted by Crippen LogP contribution is 2.29. The Hall–Kier alpha value is -2.27. The summed E-state index contributed by atoms with van der Waals surface area (Å²) in [5.74, 6) is 0.879. The van der Waals surface area contributed by atoms with E-state index < -0.39 is 0 Å². The maximum absolute atomic E-state index is 5.85. The topological polar surface area (TPSA) is 27.7 Å². The van der Waals surface area contributed by atoms with Crippen LogP contribution in [0.1, 0.15) is 64.5 Å². The number of hydrogen-bond donors (Lipinski definition) is 1. The summed E-state index contributed by atoms with van der Waals surface area (Å²) in [6.45, 7) is 12.6. The number of aryl methyl sites for hydroxylation is 1. The molecule has 2 aromatic rings. The van der Waals surface area contributed by atoms with Crippen LogP contribution in [0.2, 0.25) is 0 Å². The van der Waals surface area contributed by atoms with Crippen LogP contribution >= 0.6 is 12.2 Å². The second kappa shape index (κ2) is 12.1. The highest BCUT2D eigenvalue weighted by atomic mass is 32.1. The van der Waals surface area contributed by atoms with E-state index in [-0.39, 0.29) is 0 Å². The number of hydrogen-bond acceptors (Lipinski definition) is 3. The Morgan fingerprint density at radius 2 is 1.94 bits per heavy atom. The minimum absolute atomic E-state index is 0.356. The van der Waals surface area contributed by atoms with Crippen LogP contribution in [0.25, 0.3) is 0 Å². The Labute approximate surface area is 199 Å². The standard InChI is InChI=1S/C27H39N3OS/c1-5-8-17-29-18-9-10-23-19-22(11-16-26(23)29)20-30(21(4)6-2)27(32)28-24-12-14-25(15-13-24)31-7-3/h11-16,19,21H,5-10,17-18,20H2,1-4H3,(H,28,32)/t21-/m1/s1. The summed E-state index contributed by atoms with van der Waals surface area (Å²) in [5.41, 5.74) is 5.24. The van der Waals surface area contributed by atoms with Crippen LogP contribution in [0, 0.1) is 0 Å². The van der Waals surface area contributed by atoms with Gasteiger partial charge in [0.25, 0.3) is 0 Å². The lowest BCUT2D eigenvalue weighted by Crippen LogP contribution is -2.40. The number of anilines is 2. The minimum atomic E-state index is 0.356. The van der Waals surface area contributed by atoms with Gasteiger partial charge in [-0.3, -0.25) is 0 Å². The van der Waals surface area contributed by atoms with E-state index in [1.807, 2.05) is 31.2 Å².